The topological polar surface area (TPSA) is 29.5 Å². The molecule has 142 valence electrons. The number of carbonyl (C=O) groups is 1. The number of hydrogen-bond donors (Lipinski definition) is 0. The van der Waals surface area contributed by atoms with Gasteiger partial charge in [0.15, 0.2) is 0 Å². The van der Waals surface area contributed by atoms with Gasteiger partial charge in [0.25, 0.3) is 5.91 Å². The van der Waals surface area contributed by atoms with Gasteiger partial charge in [0.05, 0.1) is 5.56 Å². The Labute approximate surface area is 162 Å². The van der Waals surface area contributed by atoms with Crippen LogP contribution < -0.4 is 4.74 Å². The average Bonchev–Trinajstić information content (AvgIpc) is 3.03. The summed E-state index contributed by atoms with van der Waals surface area (Å²) in [6.07, 6.45) is 5.98. The fourth-order valence-corrected chi connectivity index (χ4v) is 4.76. The summed E-state index contributed by atoms with van der Waals surface area (Å²) in [5.74, 6) is 1.06. The number of hydrogen-bond acceptors (Lipinski definition) is 2. The van der Waals surface area contributed by atoms with E-state index >= 15 is 0 Å². The zero-order valence-electron chi connectivity index (χ0n) is 16.6. The second-order valence-corrected chi connectivity index (χ2v) is 8.15. The molecule has 4 rings (SSSR count). The van der Waals surface area contributed by atoms with E-state index in [9.17, 15) is 4.79 Å². The van der Waals surface area contributed by atoms with E-state index in [1.807, 2.05) is 24.1 Å². The highest BCUT2D eigenvalue weighted by Gasteiger charge is 2.37. The molecular formula is C24H29NO2. The van der Waals surface area contributed by atoms with Crippen molar-refractivity contribution < 1.29 is 9.53 Å². The van der Waals surface area contributed by atoms with Gasteiger partial charge in [0.1, 0.15) is 11.9 Å². The lowest BCUT2D eigenvalue weighted by Gasteiger charge is -2.31. The molecule has 0 aromatic heterocycles. The fourth-order valence-electron chi connectivity index (χ4n) is 4.76. The first kappa shape index (κ1) is 18.1. The first-order chi connectivity index (χ1) is 13.1. The summed E-state index contributed by atoms with van der Waals surface area (Å²) in [6.45, 7) is 4.18. The highest BCUT2D eigenvalue weighted by molar-refractivity contribution is 5.98. The van der Waals surface area contributed by atoms with Crippen LogP contribution in [0, 0.1) is 6.92 Å². The molecule has 2 aliphatic rings. The van der Waals surface area contributed by atoms with Crippen molar-refractivity contribution in [1.29, 1.82) is 0 Å². The molecule has 3 nitrogen and oxygen atoms in total. The van der Waals surface area contributed by atoms with Crippen LogP contribution in [0.4, 0.5) is 0 Å². The Balaban J connectivity index is 1.71. The molecule has 2 atom stereocenters. The lowest BCUT2D eigenvalue weighted by Crippen LogP contribution is -2.38. The van der Waals surface area contributed by atoms with Crippen molar-refractivity contribution in [2.45, 2.75) is 64.0 Å². The van der Waals surface area contributed by atoms with Gasteiger partial charge in [-0.2, -0.15) is 0 Å². The molecule has 1 saturated carbocycles. The van der Waals surface area contributed by atoms with Crippen LogP contribution in [-0.4, -0.2) is 30.0 Å². The molecule has 1 aliphatic heterocycles. The Kier molecular flexibility index (Phi) is 4.94. The summed E-state index contributed by atoms with van der Waals surface area (Å²) in [7, 11) is 1.96. The summed E-state index contributed by atoms with van der Waals surface area (Å²) < 4.78 is 6.27. The Hall–Kier alpha value is -2.29. The Bertz CT molecular complexity index is 824. The molecule has 1 fully saturated rings. The number of aryl methyl sites for hydroxylation is 1. The van der Waals surface area contributed by atoms with Crippen LogP contribution in [0.15, 0.2) is 42.5 Å². The van der Waals surface area contributed by atoms with E-state index < -0.39 is 0 Å². The van der Waals surface area contributed by atoms with Gasteiger partial charge >= 0.3 is 0 Å². The van der Waals surface area contributed by atoms with Crippen molar-refractivity contribution in [3.8, 4) is 5.75 Å². The summed E-state index contributed by atoms with van der Waals surface area (Å²) in [5, 5.41) is 0. The van der Waals surface area contributed by atoms with Crippen molar-refractivity contribution in [3.05, 3.63) is 64.7 Å². The van der Waals surface area contributed by atoms with Crippen molar-refractivity contribution in [2.24, 2.45) is 0 Å². The summed E-state index contributed by atoms with van der Waals surface area (Å²) in [6, 6.07) is 15.0. The van der Waals surface area contributed by atoms with Crippen molar-refractivity contribution >= 4 is 5.91 Å². The second kappa shape index (κ2) is 7.38. The largest absolute Gasteiger partial charge is 0.489 e. The minimum atomic E-state index is 0.0238. The van der Waals surface area contributed by atoms with Crippen molar-refractivity contribution in [2.75, 3.05) is 7.05 Å². The number of rotatable bonds is 3. The highest BCUT2D eigenvalue weighted by Crippen LogP contribution is 2.45. The van der Waals surface area contributed by atoms with Gasteiger partial charge < -0.3 is 9.64 Å². The molecule has 0 radical (unpaired) electrons. The van der Waals surface area contributed by atoms with Crippen LogP contribution in [0.25, 0.3) is 0 Å². The molecule has 2 aromatic carbocycles. The third-order valence-electron chi connectivity index (χ3n) is 6.20. The van der Waals surface area contributed by atoms with Gasteiger partial charge in [0.2, 0.25) is 0 Å². The van der Waals surface area contributed by atoms with Crippen molar-refractivity contribution in [1.82, 2.24) is 4.90 Å². The average molecular weight is 364 g/mol. The van der Waals surface area contributed by atoms with E-state index in [0.29, 0.717) is 6.04 Å². The Morgan fingerprint density at radius 3 is 2.48 bits per heavy atom. The van der Waals surface area contributed by atoms with E-state index in [4.69, 9.17) is 4.74 Å². The van der Waals surface area contributed by atoms with Crippen LogP contribution in [0.5, 0.6) is 5.75 Å². The van der Waals surface area contributed by atoms with E-state index in [1.165, 1.54) is 24.8 Å². The molecule has 27 heavy (non-hydrogen) atoms. The third-order valence-corrected chi connectivity index (χ3v) is 6.20. The van der Waals surface area contributed by atoms with Gasteiger partial charge in [-0.05, 0) is 43.9 Å². The van der Waals surface area contributed by atoms with Crippen LogP contribution in [0.3, 0.4) is 0 Å². The van der Waals surface area contributed by atoms with Gasteiger partial charge in [0, 0.05) is 24.6 Å². The predicted octanol–water partition coefficient (Wildman–Crippen LogP) is 5.31. The Morgan fingerprint density at radius 1 is 1.07 bits per heavy atom. The third kappa shape index (κ3) is 3.36. The molecule has 0 N–H and O–H groups in total. The van der Waals surface area contributed by atoms with Gasteiger partial charge in [-0.15, -0.1) is 0 Å². The summed E-state index contributed by atoms with van der Waals surface area (Å²) >= 11 is 0. The maximum atomic E-state index is 13.4. The number of ether oxygens (including phenoxy) is 1. The molecule has 0 bridgehead atoms. The molecule has 3 heteroatoms. The molecule has 1 amide bonds. The van der Waals surface area contributed by atoms with E-state index in [1.54, 1.807) is 0 Å². The monoisotopic (exact) mass is 363 g/mol. The van der Waals surface area contributed by atoms with Crippen molar-refractivity contribution in [3.63, 3.8) is 0 Å². The fraction of sp³-hybridized carbons (Fsp3) is 0.458. The molecule has 1 aliphatic carbocycles. The van der Waals surface area contributed by atoms with E-state index in [0.717, 1.165) is 35.3 Å². The first-order valence-electron chi connectivity index (χ1n) is 10.2. The molecule has 0 saturated heterocycles. The lowest BCUT2D eigenvalue weighted by molar-refractivity contribution is 0.0691. The first-order valence-corrected chi connectivity index (χ1v) is 10.2. The maximum absolute atomic E-state index is 13.4. The smallest absolute Gasteiger partial charge is 0.257 e. The molecule has 0 spiro atoms. The standard InChI is InChI=1S/C24H29NO2/c1-16-14-20-22(18-10-6-4-7-11-18)17(2)27-23(20)21(15-16)24(26)25(3)19-12-8-5-9-13-19/h4,6-7,10-11,14-15,17,19,22H,5,8-9,12-13H2,1-3H3. The summed E-state index contributed by atoms with van der Waals surface area (Å²) in [4.78, 5) is 15.3. The Morgan fingerprint density at radius 2 is 1.78 bits per heavy atom. The minimum absolute atomic E-state index is 0.0238. The van der Waals surface area contributed by atoms with E-state index in [-0.39, 0.29) is 17.9 Å². The number of nitrogens with zero attached hydrogens (tertiary/aromatic N) is 1. The molecular weight excluding hydrogens is 334 g/mol. The number of fused-ring (bicyclic) bond motifs is 1. The molecule has 2 aromatic rings. The van der Waals surface area contributed by atoms with Gasteiger partial charge in [-0.3, -0.25) is 4.79 Å². The SMILES string of the molecule is Cc1cc(C(=O)N(C)C2CCCCC2)c2c(c1)C(c1ccccc1)C(C)O2. The van der Waals surface area contributed by atoms with Crippen LogP contribution in [-0.2, 0) is 0 Å². The number of benzene rings is 2. The normalized spacial score (nSPS) is 22.2. The molecule has 1 heterocycles. The lowest BCUT2D eigenvalue weighted by atomic mass is 9.87. The van der Waals surface area contributed by atoms with Crippen LogP contribution in [0.2, 0.25) is 0 Å². The van der Waals surface area contributed by atoms with Gasteiger partial charge in [-0.25, -0.2) is 0 Å². The number of carbonyl (C=O) groups excluding carboxylic acids is 1. The van der Waals surface area contributed by atoms with Gasteiger partial charge in [-0.1, -0.05) is 55.7 Å². The quantitative estimate of drug-likeness (QED) is 0.739. The zero-order valence-corrected chi connectivity index (χ0v) is 16.6. The molecule has 2 unspecified atom stereocenters. The van der Waals surface area contributed by atoms with Crippen LogP contribution in [0.1, 0.15) is 72.0 Å². The predicted molar refractivity (Wildman–Crippen MR) is 109 cm³/mol. The number of amides is 1. The zero-order chi connectivity index (χ0) is 19.0. The summed E-state index contributed by atoms with van der Waals surface area (Å²) in [5.41, 5.74) is 4.23. The second-order valence-electron chi connectivity index (χ2n) is 8.15. The minimum Gasteiger partial charge on any atom is -0.489 e. The van der Waals surface area contributed by atoms with E-state index in [2.05, 4.69) is 44.2 Å². The maximum Gasteiger partial charge on any atom is 0.257 e. The highest BCUT2D eigenvalue weighted by atomic mass is 16.5. The van der Waals surface area contributed by atoms with Crippen LogP contribution >= 0.6 is 0 Å².